The molecule has 0 aliphatic carbocycles. The molecule has 0 bridgehead atoms. The first-order valence-corrected chi connectivity index (χ1v) is 7.45. The molecule has 112 valence electrons. The normalized spacial score (nSPS) is 11.0. The Bertz CT molecular complexity index is 511. The van der Waals surface area contributed by atoms with Gasteiger partial charge in [-0.2, -0.15) is 0 Å². The van der Waals surface area contributed by atoms with Crippen molar-refractivity contribution in [3.05, 3.63) is 65.7 Å². The molecule has 0 saturated carbocycles. The molecule has 0 unspecified atom stereocenters. The highest BCUT2D eigenvalue weighted by Gasteiger charge is 1.99. The monoisotopic (exact) mass is 284 g/mol. The van der Waals surface area contributed by atoms with Gasteiger partial charge < -0.3 is 15.3 Å². The number of rotatable bonds is 8. The van der Waals surface area contributed by atoms with Crippen LogP contribution in [0.25, 0.3) is 0 Å². The first kappa shape index (κ1) is 15.5. The number of aromatic hydroxyl groups is 1. The quantitative estimate of drug-likeness (QED) is 0.732. The summed E-state index contributed by atoms with van der Waals surface area (Å²) >= 11 is 0. The van der Waals surface area contributed by atoms with E-state index in [4.69, 9.17) is 0 Å². The molecule has 2 rings (SSSR count). The second-order valence-corrected chi connectivity index (χ2v) is 5.42. The summed E-state index contributed by atoms with van der Waals surface area (Å²) in [5, 5.41) is 12.7. The minimum Gasteiger partial charge on any atom is -0.508 e. The summed E-state index contributed by atoms with van der Waals surface area (Å²) in [5.41, 5.74) is 2.56. The minimum absolute atomic E-state index is 0.321. The predicted octanol–water partition coefficient (Wildman–Crippen LogP) is 3.00. The van der Waals surface area contributed by atoms with Crippen molar-refractivity contribution < 1.29 is 5.11 Å². The van der Waals surface area contributed by atoms with E-state index in [-0.39, 0.29) is 0 Å². The molecule has 2 aromatic carbocycles. The van der Waals surface area contributed by atoms with Gasteiger partial charge in [-0.3, -0.25) is 0 Å². The van der Waals surface area contributed by atoms with Gasteiger partial charge in [0, 0.05) is 13.1 Å². The van der Waals surface area contributed by atoms with E-state index in [0.29, 0.717) is 5.75 Å². The van der Waals surface area contributed by atoms with Gasteiger partial charge in [0.2, 0.25) is 0 Å². The fourth-order valence-electron chi connectivity index (χ4n) is 2.29. The molecule has 0 heterocycles. The van der Waals surface area contributed by atoms with E-state index in [9.17, 15) is 5.11 Å². The van der Waals surface area contributed by atoms with E-state index < -0.39 is 0 Å². The molecular formula is C18H24N2O. The maximum atomic E-state index is 9.22. The van der Waals surface area contributed by atoms with E-state index in [0.717, 1.165) is 32.6 Å². The average molecular weight is 284 g/mol. The Morgan fingerprint density at radius 2 is 1.67 bits per heavy atom. The predicted molar refractivity (Wildman–Crippen MR) is 87.2 cm³/mol. The molecule has 0 fully saturated rings. The summed E-state index contributed by atoms with van der Waals surface area (Å²) < 4.78 is 0. The minimum atomic E-state index is 0.321. The zero-order valence-corrected chi connectivity index (χ0v) is 12.6. The van der Waals surface area contributed by atoms with Crippen LogP contribution in [0.4, 0.5) is 0 Å². The summed E-state index contributed by atoms with van der Waals surface area (Å²) in [6.45, 7) is 3.93. The highest BCUT2D eigenvalue weighted by atomic mass is 16.3. The van der Waals surface area contributed by atoms with E-state index in [1.165, 1.54) is 11.1 Å². The molecule has 0 aromatic heterocycles. The van der Waals surface area contributed by atoms with Gasteiger partial charge in [0.05, 0.1) is 0 Å². The Morgan fingerprint density at radius 3 is 2.38 bits per heavy atom. The Labute approximate surface area is 127 Å². The van der Waals surface area contributed by atoms with Crippen LogP contribution in [0.3, 0.4) is 0 Å². The van der Waals surface area contributed by atoms with Crippen LogP contribution in [-0.4, -0.2) is 30.1 Å². The third kappa shape index (κ3) is 5.98. The number of hydrogen-bond donors (Lipinski definition) is 2. The molecule has 21 heavy (non-hydrogen) atoms. The second-order valence-electron chi connectivity index (χ2n) is 5.42. The van der Waals surface area contributed by atoms with Gasteiger partial charge in [-0.1, -0.05) is 42.5 Å². The molecule has 0 amide bonds. The second kappa shape index (κ2) is 8.45. The zero-order valence-electron chi connectivity index (χ0n) is 12.6. The molecule has 0 aliphatic rings. The molecule has 0 saturated heterocycles. The number of phenols is 1. The smallest absolute Gasteiger partial charge is 0.115 e. The van der Waals surface area contributed by atoms with Crippen molar-refractivity contribution in [1.29, 1.82) is 0 Å². The summed E-state index contributed by atoms with van der Waals surface area (Å²) in [6.07, 6.45) is 1.13. The van der Waals surface area contributed by atoms with E-state index in [1.807, 2.05) is 12.1 Å². The number of nitrogens with zero attached hydrogens (tertiary/aromatic N) is 1. The van der Waals surface area contributed by atoms with E-state index >= 15 is 0 Å². The Balaban J connectivity index is 1.58. The van der Waals surface area contributed by atoms with Crippen LogP contribution in [0, 0.1) is 0 Å². The molecule has 2 N–H and O–H groups in total. The molecule has 3 heteroatoms. The first-order valence-electron chi connectivity index (χ1n) is 7.45. The fraction of sp³-hybridized carbons (Fsp3) is 0.333. The molecule has 0 aliphatic heterocycles. The summed E-state index contributed by atoms with van der Waals surface area (Å²) in [7, 11) is 2.16. The zero-order chi connectivity index (χ0) is 14.9. The van der Waals surface area contributed by atoms with Crippen molar-refractivity contribution in [3.8, 4) is 5.75 Å². The lowest BCUT2D eigenvalue weighted by molar-refractivity contribution is 0.319. The Kier molecular flexibility index (Phi) is 6.25. The van der Waals surface area contributed by atoms with Crippen LogP contribution >= 0.6 is 0 Å². The third-order valence-electron chi connectivity index (χ3n) is 3.45. The summed E-state index contributed by atoms with van der Waals surface area (Å²) in [4.78, 5) is 2.34. The Hall–Kier alpha value is -1.84. The van der Waals surface area contributed by atoms with Crippen molar-refractivity contribution in [2.24, 2.45) is 0 Å². The van der Waals surface area contributed by atoms with Crippen LogP contribution in [0.2, 0.25) is 0 Å². The third-order valence-corrected chi connectivity index (χ3v) is 3.45. The van der Waals surface area contributed by atoms with E-state index in [2.05, 4.69) is 47.6 Å². The van der Waals surface area contributed by atoms with Gasteiger partial charge >= 0.3 is 0 Å². The van der Waals surface area contributed by atoms with Gasteiger partial charge in [-0.15, -0.1) is 0 Å². The maximum absolute atomic E-state index is 9.22. The largest absolute Gasteiger partial charge is 0.508 e. The van der Waals surface area contributed by atoms with Crippen molar-refractivity contribution in [1.82, 2.24) is 10.2 Å². The number of benzene rings is 2. The molecule has 0 radical (unpaired) electrons. The maximum Gasteiger partial charge on any atom is 0.115 e. The van der Waals surface area contributed by atoms with Crippen LogP contribution in [-0.2, 0) is 13.1 Å². The fourth-order valence-corrected chi connectivity index (χ4v) is 2.29. The topological polar surface area (TPSA) is 35.5 Å². The van der Waals surface area contributed by atoms with Gasteiger partial charge in [0.25, 0.3) is 0 Å². The lowest BCUT2D eigenvalue weighted by atomic mass is 10.2. The number of hydrogen-bond acceptors (Lipinski definition) is 3. The van der Waals surface area contributed by atoms with Crippen molar-refractivity contribution >= 4 is 0 Å². The van der Waals surface area contributed by atoms with Crippen molar-refractivity contribution in [2.75, 3.05) is 20.1 Å². The summed E-state index contributed by atoms with van der Waals surface area (Å²) in [5.74, 6) is 0.321. The lowest BCUT2D eigenvalue weighted by Crippen LogP contribution is -2.23. The van der Waals surface area contributed by atoms with Crippen molar-refractivity contribution in [3.63, 3.8) is 0 Å². The molecule has 3 nitrogen and oxygen atoms in total. The SMILES string of the molecule is CN(CCCNCc1ccc(O)cc1)Cc1ccccc1. The summed E-state index contributed by atoms with van der Waals surface area (Å²) in [6, 6.07) is 17.9. The lowest BCUT2D eigenvalue weighted by Gasteiger charge is -2.16. The molecule has 0 atom stereocenters. The average Bonchev–Trinajstić information content (AvgIpc) is 2.50. The highest BCUT2D eigenvalue weighted by Crippen LogP contribution is 2.09. The van der Waals surface area contributed by atoms with Crippen LogP contribution in [0.5, 0.6) is 5.75 Å². The van der Waals surface area contributed by atoms with Crippen LogP contribution < -0.4 is 5.32 Å². The Morgan fingerprint density at radius 1 is 0.952 bits per heavy atom. The highest BCUT2D eigenvalue weighted by molar-refractivity contribution is 5.25. The van der Waals surface area contributed by atoms with Gasteiger partial charge in [0.15, 0.2) is 0 Å². The van der Waals surface area contributed by atoms with Crippen molar-refractivity contribution in [2.45, 2.75) is 19.5 Å². The number of phenolic OH excluding ortho intramolecular Hbond substituents is 1. The van der Waals surface area contributed by atoms with E-state index in [1.54, 1.807) is 12.1 Å². The standard InChI is InChI=1S/C18H24N2O/c1-20(15-17-6-3-2-4-7-17)13-5-12-19-14-16-8-10-18(21)11-9-16/h2-4,6-11,19,21H,5,12-15H2,1H3. The van der Waals surface area contributed by atoms with Crippen LogP contribution in [0.1, 0.15) is 17.5 Å². The van der Waals surface area contributed by atoms with Gasteiger partial charge in [-0.05, 0) is 49.8 Å². The van der Waals surface area contributed by atoms with Crippen LogP contribution in [0.15, 0.2) is 54.6 Å². The molecule has 0 spiro atoms. The molecule has 2 aromatic rings. The first-order chi connectivity index (χ1) is 10.2. The number of nitrogens with one attached hydrogen (secondary N) is 1. The van der Waals surface area contributed by atoms with Gasteiger partial charge in [0.1, 0.15) is 5.75 Å². The molecular weight excluding hydrogens is 260 g/mol. The van der Waals surface area contributed by atoms with Gasteiger partial charge in [-0.25, -0.2) is 0 Å².